The highest BCUT2D eigenvalue weighted by Gasteiger charge is 2.32. The molecular formula is C18H19BrFNO. The van der Waals surface area contributed by atoms with Crippen molar-refractivity contribution in [3.05, 3.63) is 63.9 Å². The lowest BCUT2D eigenvalue weighted by molar-refractivity contribution is 0.413. The van der Waals surface area contributed by atoms with E-state index in [2.05, 4.69) is 33.4 Å². The van der Waals surface area contributed by atoms with Gasteiger partial charge in [0.05, 0.1) is 7.11 Å². The molecule has 0 bridgehead atoms. The van der Waals surface area contributed by atoms with Crippen LogP contribution in [0.2, 0.25) is 0 Å². The molecule has 0 aliphatic heterocycles. The van der Waals surface area contributed by atoms with E-state index in [4.69, 9.17) is 4.74 Å². The summed E-state index contributed by atoms with van der Waals surface area (Å²) in [5, 5.41) is 3.52. The molecule has 4 heteroatoms. The van der Waals surface area contributed by atoms with Crippen molar-refractivity contribution in [3.63, 3.8) is 0 Å². The number of rotatable bonds is 6. The van der Waals surface area contributed by atoms with Gasteiger partial charge in [-0.05, 0) is 54.7 Å². The van der Waals surface area contributed by atoms with Crippen LogP contribution >= 0.6 is 15.9 Å². The third kappa shape index (κ3) is 3.68. The average Bonchev–Trinajstić information content (AvgIpc) is 3.36. The van der Waals surface area contributed by atoms with Crippen LogP contribution in [0.1, 0.15) is 30.0 Å². The number of benzene rings is 2. The third-order valence-corrected chi connectivity index (χ3v) is 4.58. The molecule has 2 aromatic carbocycles. The van der Waals surface area contributed by atoms with Gasteiger partial charge in [-0.3, -0.25) is 0 Å². The van der Waals surface area contributed by atoms with Crippen molar-refractivity contribution in [1.82, 2.24) is 5.32 Å². The maximum absolute atomic E-state index is 13.9. The predicted octanol–water partition coefficient (Wildman–Crippen LogP) is 4.84. The van der Waals surface area contributed by atoms with E-state index in [0.29, 0.717) is 18.0 Å². The van der Waals surface area contributed by atoms with Gasteiger partial charge in [0.1, 0.15) is 11.6 Å². The number of nitrogens with one attached hydrogen (secondary N) is 1. The minimum absolute atomic E-state index is 0.167. The number of ether oxygens (including phenoxy) is 1. The smallest absolute Gasteiger partial charge is 0.127 e. The average molecular weight is 364 g/mol. The summed E-state index contributed by atoms with van der Waals surface area (Å²) in [5.41, 5.74) is 1.92. The van der Waals surface area contributed by atoms with E-state index in [9.17, 15) is 4.39 Å². The molecule has 0 saturated heterocycles. The second kappa shape index (κ2) is 6.80. The van der Waals surface area contributed by atoms with Gasteiger partial charge < -0.3 is 10.1 Å². The molecule has 2 aromatic rings. The summed E-state index contributed by atoms with van der Waals surface area (Å²) in [4.78, 5) is 0. The molecular weight excluding hydrogens is 345 g/mol. The Morgan fingerprint density at radius 2 is 1.95 bits per heavy atom. The fraction of sp³-hybridized carbons (Fsp3) is 0.333. The lowest BCUT2D eigenvalue weighted by atomic mass is 10.0. The molecule has 2 nitrogen and oxygen atoms in total. The van der Waals surface area contributed by atoms with E-state index in [-0.39, 0.29) is 11.9 Å². The first-order valence-corrected chi connectivity index (χ1v) is 8.28. The Hall–Kier alpha value is -1.39. The van der Waals surface area contributed by atoms with Gasteiger partial charge in [0.15, 0.2) is 0 Å². The SMILES string of the molecule is COc1ccc(C(NCc2cc(Br)ccc2F)C2CC2)cc1. The number of hydrogen-bond donors (Lipinski definition) is 1. The van der Waals surface area contributed by atoms with Crippen molar-refractivity contribution >= 4 is 15.9 Å². The highest BCUT2D eigenvalue weighted by molar-refractivity contribution is 9.10. The topological polar surface area (TPSA) is 21.3 Å². The first-order valence-electron chi connectivity index (χ1n) is 7.48. The maximum Gasteiger partial charge on any atom is 0.127 e. The second-order valence-corrected chi connectivity index (χ2v) is 6.62. The van der Waals surface area contributed by atoms with Gasteiger partial charge in [-0.1, -0.05) is 28.1 Å². The van der Waals surface area contributed by atoms with E-state index in [1.54, 1.807) is 13.2 Å². The van der Waals surface area contributed by atoms with Crippen LogP contribution in [0.3, 0.4) is 0 Å². The molecule has 116 valence electrons. The molecule has 3 rings (SSSR count). The Morgan fingerprint density at radius 1 is 1.23 bits per heavy atom. The fourth-order valence-corrected chi connectivity index (χ4v) is 3.10. The quantitative estimate of drug-likeness (QED) is 0.792. The predicted molar refractivity (Wildman–Crippen MR) is 89.4 cm³/mol. The van der Waals surface area contributed by atoms with Gasteiger partial charge in [-0.2, -0.15) is 0 Å². The van der Waals surface area contributed by atoms with Crippen LogP contribution in [0.25, 0.3) is 0 Å². The lowest BCUT2D eigenvalue weighted by Gasteiger charge is -2.19. The van der Waals surface area contributed by atoms with Crippen LogP contribution in [-0.2, 0) is 6.54 Å². The van der Waals surface area contributed by atoms with Crippen molar-refractivity contribution in [3.8, 4) is 5.75 Å². The minimum Gasteiger partial charge on any atom is -0.497 e. The minimum atomic E-state index is -0.167. The van der Waals surface area contributed by atoms with Crippen LogP contribution in [-0.4, -0.2) is 7.11 Å². The lowest BCUT2D eigenvalue weighted by Crippen LogP contribution is -2.23. The third-order valence-electron chi connectivity index (χ3n) is 4.09. The van der Waals surface area contributed by atoms with E-state index < -0.39 is 0 Å². The highest BCUT2D eigenvalue weighted by atomic mass is 79.9. The first-order chi connectivity index (χ1) is 10.7. The molecule has 0 radical (unpaired) electrons. The summed E-state index contributed by atoms with van der Waals surface area (Å²) < 4.78 is 20.0. The largest absolute Gasteiger partial charge is 0.497 e. The molecule has 1 N–H and O–H groups in total. The molecule has 0 spiro atoms. The van der Waals surface area contributed by atoms with E-state index in [0.717, 1.165) is 10.2 Å². The monoisotopic (exact) mass is 363 g/mol. The van der Waals surface area contributed by atoms with E-state index in [1.165, 1.54) is 24.5 Å². The zero-order valence-electron chi connectivity index (χ0n) is 12.5. The maximum atomic E-state index is 13.9. The van der Waals surface area contributed by atoms with Crippen molar-refractivity contribution < 1.29 is 9.13 Å². The molecule has 1 atom stereocenters. The Balaban J connectivity index is 1.73. The highest BCUT2D eigenvalue weighted by Crippen LogP contribution is 2.41. The normalized spacial score (nSPS) is 15.6. The van der Waals surface area contributed by atoms with E-state index >= 15 is 0 Å². The number of methoxy groups -OCH3 is 1. The Labute approximate surface area is 138 Å². The van der Waals surface area contributed by atoms with Crippen LogP contribution in [0.15, 0.2) is 46.9 Å². The van der Waals surface area contributed by atoms with Crippen molar-refractivity contribution in [2.75, 3.05) is 7.11 Å². The van der Waals surface area contributed by atoms with Crippen LogP contribution in [0.4, 0.5) is 4.39 Å². The van der Waals surface area contributed by atoms with Gasteiger partial charge in [0.25, 0.3) is 0 Å². The molecule has 1 saturated carbocycles. The van der Waals surface area contributed by atoms with Crippen LogP contribution in [0, 0.1) is 11.7 Å². The molecule has 1 aliphatic rings. The van der Waals surface area contributed by atoms with Crippen LogP contribution in [0.5, 0.6) is 5.75 Å². The molecule has 1 fully saturated rings. The standard InChI is InChI=1S/C18H19BrFNO/c1-22-16-7-4-13(5-8-16)18(12-2-3-12)21-11-14-10-15(19)6-9-17(14)20/h4-10,12,18,21H,2-3,11H2,1H3. The summed E-state index contributed by atoms with van der Waals surface area (Å²) in [6.07, 6.45) is 2.45. The molecule has 1 unspecified atom stereocenters. The number of halogens is 2. The summed E-state index contributed by atoms with van der Waals surface area (Å²) >= 11 is 3.40. The van der Waals surface area contributed by atoms with Crippen molar-refractivity contribution in [1.29, 1.82) is 0 Å². The molecule has 0 aromatic heterocycles. The van der Waals surface area contributed by atoms with Gasteiger partial charge in [0, 0.05) is 22.6 Å². The second-order valence-electron chi connectivity index (χ2n) is 5.70. The molecule has 0 amide bonds. The van der Waals surface area contributed by atoms with Gasteiger partial charge >= 0.3 is 0 Å². The Bertz CT molecular complexity index is 640. The van der Waals surface area contributed by atoms with E-state index in [1.807, 2.05) is 18.2 Å². The zero-order chi connectivity index (χ0) is 15.5. The van der Waals surface area contributed by atoms with Gasteiger partial charge in [-0.25, -0.2) is 4.39 Å². The first kappa shape index (κ1) is 15.5. The summed E-state index contributed by atoms with van der Waals surface area (Å²) in [7, 11) is 1.67. The summed E-state index contributed by atoms with van der Waals surface area (Å²) in [6, 6.07) is 13.5. The van der Waals surface area contributed by atoms with Crippen molar-refractivity contribution in [2.24, 2.45) is 5.92 Å². The summed E-state index contributed by atoms with van der Waals surface area (Å²) in [5.74, 6) is 1.33. The van der Waals surface area contributed by atoms with Gasteiger partial charge in [0.2, 0.25) is 0 Å². The molecule has 22 heavy (non-hydrogen) atoms. The Kier molecular flexibility index (Phi) is 4.79. The molecule has 0 heterocycles. The van der Waals surface area contributed by atoms with Gasteiger partial charge in [-0.15, -0.1) is 0 Å². The van der Waals surface area contributed by atoms with Crippen LogP contribution < -0.4 is 10.1 Å². The number of hydrogen-bond acceptors (Lipinski definition) is 2. The zero-order valence-corrected chi connectivity index (χ0v) is 14.1. The summed E-state index contributed by atoms with van der Waals surface area (Å²) in [6.45, 7) is 0.526. The molecule has 1 aliphatic carbocycles. The fourth-order valence-electron chi connectivity index (χ4n) is 2.70. The Morgan fingerprint density at radius 3 is 2.59 bits per heavy atom. The van der Waals surface area contributed by atoms with Crippen molar-refractivity contribution in [2.45, 2.75) is 25.4 Å².